The van der Waals surface area contributed by atoms with Gasteiger partial charge in [0, 0.05) is 37.1 Å². The number of aromatic nitrogens is 1. The molecule has 0 fully saturated rings. The van der Waals surface area contributed by atoms with Crippen LogP contribution in [-0.4, -0.2) is 42.1 Å². The molecular formula is C20H26N2O4. The first-order valence-corrected chi connectivity index (χ1v) is 8.58. The highest BCUT2D eigenvalue weighted by molar-refractivity contribution is 5.92. The summed E-state index contributed by atoms with van der Waals surface area (Å²) in [6.07, 6.45) is 0. The molecule has 0 atom stereocenters. The van der Waals surface area contributed by atoms with E-state index in [0.717, 1.165) is 29.2 Å². The lowest BCUT2D eigenvalue weighted by atomic mass is 10.2. The van der Waals surface area contributed by atoms with Crippen LogP contribution in [0, 0.1) is 13.8 Å². The molecule has 2 aromatic rings. The second-order valence-corrected chi connectivity index (χ2v) is 6.17. The van der Waals surface area contributed by atoms with Crippen LogP contribution < -0.4 is 4.74 Å². The van der Waals surface area contributed by atoms with Gasteiger partial charge in [0.15, 0.2) is 6.61 Å². The molecule has 1 aromatic carbocycles. The Kier molecular flexibility index (Phi) is 6.44. The maximum absolute atomic E-state index is 12.3. The van der Waals surface area contributed by atoms with E-state index in [0.29, 0.717) is 12.1 Å². The van der Waals surface area contributed by atoms with Gasteiger partial charge in [0.1, 0.15) is 5.75 Å². The number of hydrogen-bond donors (Lipinski definition) is 0. The third-order valence-corrected chi connectivity index (χ3v) is 4.46. The highest BCUT2D eigenvalue weighted by Crippen LogP contribution is 2.19. The van der Waals surface area contributed by atoms with Crippen LogP contribution in [0.5, 0.6) is 5.75 Å². The molecule has 1 amide bonds. The lowest BCUT2D eigenvalue weighted by Gasteiger charge is -2.18. The number of benzene rings is 1. The first kappa shape index (κ1) is 19.6. The van der Waals surface area contributed by atoms with Crippen molar-refractivity contribution in [2.24, 2.45) is 0 Å². The predicted molar refractivity (Wildman–Crippen MR) is 99.3 cm³/mol. The van der Waals surface area contributed by atoms with Gasteiger partial charge in [-0.05, 0) is 32.9 Å². The van der Waals surface area contributed by atoms with E-state index in [-0.39, 0.29) is 12.5 Å². The first-order chi connectivity index (χ1) is 12.4. The summed E-state index contributed by atoms with van der Waals surface area (Å²) in [7, 11) is 3.26. The summed E-state index contributed by atoms with van der Waals surface area (Å²) < 4.78 is 12.6. The molecule has 1 aromatic heterocycles. The number of likely N-dealkylation sites (N-methyl/N-ethyl adjacent to an activating group) is 1. The molecule has 0 unspecified atom stereocenters. The third-order valence-electron chi connectivity index (χ3n) is 4.46. The van der Waals surface area contributed by atoms with Crippen molar-refractivity contribution in [2.75, 3.05) is 20.8 Å². The largest absolute Gasteiger partial charge is 0.496 e. The average Bonchev–Trinajstić information content (AvgIpc) is 2.93. The highest BCUT2D eigenvalue weighted by atomic mass is 16.5. The molecule has 0 saturated heterocycles. The van der Waals surface area contributed by atoms with Crippen molar-refractivity contribution in [3.8, 4) is 5.75 Å². The molecule has 0 N–H and O–H groups in total. The number of hydrogen-bond acceptors (Lipinski definition) is 4. The van der Waals surface area contributed by atoms with Crippen molar-refractivity contribution >= 4 is 11.9 Å². The normalized spacial score (nSPS) is 10.5. The number of nitrogens with zero attached hydrogens (tertiary/aromatic N) is 2. The van der Waals surface area contributed by atoms with Crippen LogP contribution in [0.2, 0.25) is 0 Å². The molecule has 6 heteroatoms. The Morgan fingerprint density at radius 3 is 2.50 bits per heavy atom. The Balaban J connectivity index is 1.96. The SMILES string of the molecule is CCn1c(C)cc(C(=O)OCC(=O)N(C)Cc2ccccc2OC)c1C. The van der Waals surface area contributed by atoms with Gasteiger partial charge in [-0.1, -0.05) is 18.2 Å². The van der Waals surface area contributed by atoms with E-state index >= 15 is 0 Å². The average molecular weight is 358 g/mol. The Bertz CT molecular complexity index is 795. The van der Waals surface area contributed by atoms with Crippen molar-refractivity contribution in [3.05, 3.63) is 52.8 Å². The van der Waals surface area contributed by atoms with E-state index in [1.54, 1.807) is 20.2 Å². The predicted octanol–water partition coefficient (Wildman–Crippen LogP) is 2.95. The Labute approximate surface area is 154 Å². The van der Waals surface area contributed by atoms with E-state index in [1.807, 2.05) is 49.6 Å². The number of para-hydroxylation sites is 1. The monoisotopic (exact) mass is 358 g/mol. The van der Waals surface area contributed by atoms with E-state index in [4.69, 9.17) is 9.47 Å². The molecule has 0 aliphatic carbocycles. The molecule has 0 radical (unpaired) electrons. The molecule has 0 aliphatic heterocycles. The van der Waals surface area contributed by atoms with E-state index in [2.05, 4.69) is 0 Å². The lowest BCUT2D eigenvalue weighted by molar-refractivity contribution is -0.133. The third kappa shape index (κ3) is 4.25. The fourth-order valence-electron chi connectivity index (χ4n) is 2.99. The molecule has 2 rings (SSSR count). The van der Waals surface area contributed by atoms with Crippen molar-refractivity contribution in [1.82, 2.24) is 9.47 Å². The van der Waals surface area contributed by atoms with Gasteiger partial charge < -0.3 is 18.9 Å². The van der Waals surface area contributed by atoms with Gasteiger partial charge in [-0.25, -0.2) is 4.79 Å². The number of rotatable bonds is 7. The smallest absolute Gasteiger partial charge is 0.340 e. The van der Waals surface area contributed by atoms with Crippen LogP contribution in [0.3, 0.4) is 0 Å². The van der Waals surface area contributed by atoms with Crippen LogP contribution in [0.25, 0.3) is 0 Å². The van der Waals surface area contributed by atoms with E-state index < -0.39 is 5.97 Å². The first-order valence-electron chi connectivity index (χ1n) is 8.58. The maximum atomic E-state index is 12.3. The number of aryl methyl sites for hydroxylation is 1. The highest BCUT2D eigenvalue weighted by Gasteiger charge is 2.19. The fraction of sp³-hybridized carbons (Fsp3) is 0.400. The minimum absolute atomic E-state index is 0.270. The van der Waals surface area contributed by atoms with Gasteiger partial charge in [-0.3, -0.25) is 4.79 Å². The summed E-state index contributed by atoms with van der Waals surface area (Å²) >= 11 is 0. The zero-order valence-electron chi connectivity index (χ0n) is 16.0. The molecule has 0 aliphatic rings. The van der Waals surface area contributed by atoms with Crippen LogP contribution in [-0.2, 0) is 22.6 Å². The summed E-state index contributed by atoms with van der Waals surface area (Å²) in [6.45, 7) is 6.71. The topological polar surface area (TPSA) is 60.8 Å². The second kappa shape index (κ2) is 8.56. The van der Waals surface area contributed by atoms with Gasteiger partial charge >= 0.3 is 5.97 Å². The second-order valence-electron chi connectivity index (χ2n) is 6.17. The zero-order chi connectivity index (χ0) is 19.3. The zero-order valence-corrected chi connectivity index (χ0v) is 16.0. The number of esters is 1. The lowest BCUT2D eigenvalue weighted by Crippen LogP contribution is -2.31. The van der Waals surface area contributed by atoms with Crippen molar-refractivity contribution < 1.29 is 19.1 Å². The van der Waals surface area contributed by atoms with Crippen molar-refractivity contribution in [2.45, 2.75) is 33.9 Å². The Hall–Kier alpha value is -2.76. The number of carbonyl (C=O) groups excluding carboxylic acids is 2. The number of methoxy groups -OCH3 is 1. The number of ether oxygens (including phenoxy) is 2. The van der Waals surface area contributed by atoms with Crippen LogP contribution in [0.1, 0.15) is 34.2 Å². The standard InChI is InChI=1S/C20H26N2O4/c1-6-22-14(2)11-17(15(22)3)20(24)26-13-19(23)21(4)12-16-9-7-8-10-18(16)25-5/h7-11H,6,12-13H2,1-5H3. The van der Waals surface area contributed by atoms with Gasteiger partial charge in [0.2, 0.25) is 0 Å². The Morgan fingerprint density at radius 2 is 1.88 bits per heavy atom. The number of amides is 1. The molecule has 1 heterocycles. The minimum Gasteiger partial charge on any atom is -0.496 e. The van der Waals surface area contributed by atoms with Crippen LogP contribution in [0.15, 0.2) is 30.3 Å². The number of carbonyl (C=O) groups is 2. The molecular weight excluding hydrogens is 332 g/mol. The quantitative estimate of drug-likeness (QED) is 0.714. The summed E-state index contributed by atoms with van der Waals surface area (Å²) in [5.41, 5.74) is 3.24. The summed E-state index contributed by atoms with van der Waals surface area (Å²) in [4.78, 5) is 26.1. The van der Waals surface area contributed by atoms with Crippen LogP contribution >= 0.6 is 0 Å². The summed E-state index contributed by atoms with van der Waals surface area (Å²) in [5.74, 6) is -0.0263. The fourth-order valence-corrected chi connectivity index (χ4v) is 2.99. The van der Waals surface area contributed by atoms with E-state index in [9.17, 15) is 9.59 Å². The van der Waals surface area contributed by atoms with Crippen LogP contribution in [0.4, 0.5) is 0 Å². The van der Waals surface area contributed by atoms with Gasteiger partial charge in [0.05, 0.1) is 12.7 Å². The molecule has 6 nitrogen and oxygen atoms in total. The molecule has 140 valence electrons. The van der Waals surface area contributed by atoms with Gasteiger partial charge in [0.25, 0.3) is 5.91 Å². The summed E-state index contributed by atoms with van der Waals surface area (Å²) in [5, 5.41) is 0. The van der Waals surface area contributed by atoms with Gasteiger partial charge in [-0.15, -0.1) is 0 Å². The molecule has 0 saturated carbocycles. The minimum atomic E-state index is -0.475. The maximum Gasteiger partial charge on any atom is 0.340 e. The van der Waals surface area contributed by atoms with Crippen molar-refractivity contribution in [1.29, 1.82) is 0 Å². The molecule has 26 heavy (non-hydrogen) atoms. The van der Waals surface area contributed by atoms with E-state index in [1.165, 1.54) is 4.90 Å². The van der Waals surface area contributed by atoms with Gasteiger partial charge in [-0.2, -0.15) is 0 Å². The molecule has 0 bridgehead atoms. The Morgan fingerprint density at radius 1 is 1.19 bits per heavy atom. The van der Waals surface area contributed by atoms with Crippen molar-refractivity contribution in [3.63, 3.8) is 0 Å². The summed E-state index contributed by atoms with van der Waals surface area (Å²) in [6, 6.07) is 9.30. The molecule has 0 spiro atoms.